The van der Waals surface area contributed by atoms with Gasteiger partial charge in [-0.25, -0.2) is 13.8 Å². The van der Waals surface area contributed by atoms with E-state index < -0.39 is 11.6 Å². The third kappa shape index (κ3) is 3.22. The van der Waals surface area contributed by atoms with Crippen molar-refractivity contribution in [3.63, 3.8) is 0 Å². The van der Waals surface area contributed by atoms with Gasteiger partial charge in [0, 0.05) is 43.0 Å². The quantitative estimate of drug-likeness (QED) is 0.880. The fourth-order valence-electron chi connectivity index (χ4n) is 2.31. The van der Waals surface area contributed by atoms with E-state index in [1.807, 2.05) is 6.20 Å². The highest BCUT2D eigenvalue weighted by Crippen LogP contribution is 2.21. The van der Waals surface area contributed by atoms with Crippen molar-refractivity contribution >= 4 is 0 Å². The number of rotatable bonds is 6. The van der Waals surface area contributed by atoms with Crippen molar-refractivity contribution in [1.29, 1.82) is 0 Å². The maximum absolute atomic E-state index is 13.9. The van der Waals surface area contributed by atoms with Crippen molar-refractivity contribution in [1.82, 2.24) is 14.9 Å². The first-order chi connectivity index (χ1) is 9.65. The van der Waals surface area contributed by atoms with E-state index in [0.717, 1.165) is 24.9 Å². The molecular weight excluding hydrogens is 260 g/mol. The van der Waals surface area contributed by atoms with Gasteiger partial charge in [-0.3, -0.25) is 0 Å². The van der Waals surface area contributed by atoms with Gasteiger partial charge in [0.15, 0.2) is 0 Å². The molecule has 1 unspecified atom stereocenters. The van der Waals surface area contributed by atoms with Crippen molar-refractivity contribution in [3.8, 4) is 0 Å². The molecule has 0 amide bonds. The second-order valence-electron chi connectivity index (χ2n) is 4.75. The van der Waals surface area contributed by atoms with Crippen molar-refractivity contribution in [2.45, 2.75) is 32.4 Å². The van der Waals surface area contributed by atoms with Crippen molar-refractivity contribution in [3.05, 3.63) is 53.6 Å². The third-order valence-electron chi connectivity index (χ3n) is 3.34. The van der Waals surface area contributed by atoms with Gasteiger partial charge in [0.05, 0.1) is 0 Å². The van der Waals surface area contributed by atoms with Gasteiger partial charge in [0.25, 0.3) is 0 Å². The smallest absolute Gasteiger partial charge is 0.130 e. The number of aryl methyl sites for hydroxylation is 1. The van der Waals surface area contributed by atoms with E-state index in [-0.39, 0.29) is 6.04 Å². The van der Waals surface area contributed by atoms with Crippen LogP contribution < -0.4 is 5.32 Å². The topological polar surface area (TPSA) is 29.9 Å². The summed E-state index contributed by atoms with van der Waals surface area (Å²) in [6.07, 6.45) is 5.25. The van der Waals surface area contributed by atoms with Crippen LogP contribution in [0.3, 0.4) is 0 Å². The summed E-state index contributed by atoms with van der Waals surface area (Å²) in [5.74, 6) is -0.193. The predicted octanol–water partition coefficient (Wildman–Crippen LogP) is 3.07. The highest BCUT2D eigenvalue weighted by atomic mass is 19.1. The van der Waals surface area contributed by atoms with Gasteiger partial charge in [-0.15, -0.1) is 0 Å². The standard InChI is InChI=1S/C15H19F2N3/c1-3-7-20-8-6-19-15(20)10-14(18-2)12-5-4-11(16)9-13(12)17/h4-6,8-9,14,18H,3,7,10H2,1-2H3. The number of hydrogen-bond donors (Lipinski definition) is 1. The van der Waals surface area contributed by atoms with Crippen LogP contribution >= 0.6 is 0 Å². The van der Waals surface area contributed by atoms with E-state index >= 15 is 0 Å². The van der Waals surface area contributed by atoms with Crippen LogP contribution in [0.5, 0.6) is 0 Å². The molecule has 1 aromatic heterocycles. The molecule has 1 aromatic carbocycles. The molecule has 2 rings (SSSR count). The minimum absolute atomic E-state index is 0.228. The lowest BCUT2D eigenvalue weighted by Gasteiger charge is -2.18. The van der Waals surface area contributed by atoms with E-state index in [2.05, 4.69) is 21.8 Å². The van der Waals surface area contributed by atoms with E-state index in [0.29, 0.717) is 12.0 Å². The lowest BCUT2D eigenvalue weighted by atomic mass is 10.0. The van der Waals surface area contributed by atoms with Crippen LogP contribution in [-0.4, -0.2) is 16.6 Å². The van der Waals surface area contributed by atoms with E-state index in [4.69, 9.17) is 0 Å². The summed E-state index contributed by atoms with van der Waals surface area (Å²) < 4.78 is 28.9. The van der Waals surface area contributed by atoms with Crippen molar-refractivity contribution < 1.29 is 8.78 Å². The molecule has 1 N–H and O–H groups in total. The van der Waals surface area contributed by atoms with E-state index in [1.165, 1.54) is 12.1 Å². The maximum atomic E-state index is 13.9. The highest BCUT2D eigenvalue weighted by molar-refractivity contribution is 5.23. The van der Waals surface area contributed by atoms with Crippen LogP contribution in [0.15, 0.2) is 30.6 Å². The Balaban J connectivity index is 2.22. The number of nitrogens with zero attached hydrogens (tertiary/aromatic N) is 2. The number of halogens is 2. The summed E-state index contributed by atoms with van der Waals surface area (Å²) in [4.78, 5) is 4.32. The zero-order chi connectivity index (χ0) is 14.5. The van der Waals surface area contributed by atoms with Gasteiger partial charge < -0.3 is 9.88 Å². The maximum Gasteiger partial charge on any atom is 0.130 e. The largest absolute Gasteiger partial charge is 0.335 e. The number of benzene rings is 1. The Labute approximate surface area is 117 Å². The van der Waals surface area contributed by atoms with Crippen LogP contribution in [0, 0.1) is 11.6 Å². The number of hydrogen-bond acceptors (Lipinski definition) is 2. The average Bonchev–Trinajstić information content (AvgIpc) is 2.84. The minimum Gasteiger partial charge on any atom is -0.335 e. The Hall–Kier alpha value is -1.75. The van der Waals surface area contributed by atoms with Crippen molar-refractivity contribution in [2.24, 2.45) is 0 Å². The van der Waals surface area contributed by atoms with Crippen LogP contribution in [0.4, 0.5) is 8.78 Å². The molecule has 0 bridgehead atoms. The Morgan fingerprint density at radius 2 is 2.15 bits per heavy atom. The molecule has 2 aromatic rings. The zero-order valence-corrected chi connectivity index (χ0v) is 11.7. The van der Waals surface area contributed by atoms with Crippen LogP contribution in [0.1, 0.15) is 30.8 Å². The summed E-state index contributed by atoms with van der Waals surface area (Å²) in [5.41, 5.74) is 0.458. The second kappa shape index (κ2) is 6.61. The molecule has 1 heterocycles. The number of imidazole rings is 1. The molecule has 0 saturated heterocycles. The van der Waals surface area contributed by atoms with Gasteiger partial charge in [0.1, 0.15) is 17.5 Å². The summed E-state index contributed by atoms with van der Waals surface area (Å²) in [7, 11) is 1.76. The highest BCUT2D eigenvalue weighted by Gasteiger charge is 2.17. The molecule has 0 aliphatic rings. The predicted molar refractivity (Wildman–Crippen MR) is 74.4 cm³/mol. The molecular formula is C15H19F2N3. The van der Waals surface area contributed by atoms with Gasteiger partial charge in [-0.1, -0.05) is 13.0 Å². The third-order valence-corrected chi connectivity index (χ3v) is 3.34. The molecule has 1 atom stereocenters. The lowest BCUT2D eigenvalue weighted by molar-refractivity contribution is 0.503. The number of nitrogens with one attached hydrogen (secondary N) is 1. The van der Waals surface area contributed by atoms with Gasteiger partial charge in [-0.2, -0.15) is 0 Å². The Morgan fingerprint density at radius 1 is 1.35 bits per heavy atom. The average molecular weight is 279 g/mol. The Bertz CT molecular complexity index is 566. The molecule has 108 valence electrons. The zero-order valence-electron chi connectivity index (χ0n) is 11.7. The first kappa shape index (κ1) is 14.7. The fraction of sp³-hybridized carbons (Fsp3) is 0.400. The van der Waals surface area contributed by atoms with E-state index in [9.17, 15) is 8.78 Å². The number of likely N-dealkylation sites (N-methyl/N-ethyl adjacent to an activating group) is 1. The summed E-state index contributed by atoms with van der Waals surface area (Å²) >= 11 is 0. The molecule has 0 radical (unpaired) electrons. The lowest BCUT2D eigenvalue weighted by Crippen LogP contribution is -2.22. The summed E-state index contributed by atoms with van der Waals surface area (Å²) in [5, 5.41) is 3.07. The molecule has 20 heavy (non-hydrogen) atoms. The van der Waals surface area contributed by atoms with Crippen molar-refractivity contribution in [2.75, 3.05) is 7.05 Å². The summed E-state index contributed by atoms with van der Waals surface area (Å²) in [6, 6.07) is 3.45. The van der Waals surface area contributed by atoms with Gasteiger partial charge in [0.2, 0.25) is 0 Å². The second-order valence-corrected chi connectivity index (χ2v) is 4.75. The van der Waals surface area contributed by atoms with Crippen LogP contribution in [0.2, 0.25) is 0 Å². The summed E-state index contributed by atoms with van der Waals surface area (Å²) in [6.45, 7) is 2.98. The fourth-order valence-corrected chi connectivity index (χ4v) is 2.31. The normalized spacial score (nSPS) is 12.6. The van der Waals surface area contributed by atoms with Gasteiger partial charge >= 0.3 is 0 Å². The van der Waals surface area contributed by atoms with Crippen LogP contribution in [-0.2, 0) is 13.0 Å². The molecule has 0 aliphatic heterocycles. The molecule has 3 nitrogen and oxygen atoms in total. The molecule has 5 heteroatoms. The Morgan fingerprint density at radius 3 is 2.80 bits per heavy atom. The minimum atomic E-state index is -0.561. The first-order valence-electron chi connectivity index (χ1n) is 6.78. The van der Waals surface area contributed by atoms with E-state index in [1.54, 1.807) is 13.2 Å². The SMILES string of the molecule is CCCn1ccnc1CC(NC)c1ccc(F)cc1F. The first-order valence-corrected chi connectivity index (χ1v) is 6.78. The monoisotopic (exact) mass is 279 g/mol. The van der Waals surface area contributed by atoms with Crippen LogP contribution in [0.25, 0.3) is 0 Å². The van der Waals surface area contributed by atoms with Gasteiger partial charge in [-0.05, 0) is 19.5 Å². The Kier molecular flexibility index (Phi) is 4.84. The molecule has 0 saturated carbocycles. The molecule has 0 fully saturated rings. The molecule has 0 spiro atoms. The number of aromatic nitrogens is 2. The molecule has 0 aliphatic carbocycles.